The minimum Gasteiger partial charge on any atom is -0.261 e. The van der Waals surface area contributed by atoms with Gasteiger partial charge in [-0.05, 0) is 30.8 Å². The van der Waals surface area contributed by atoms with Gasteiger partial charge in [0.25, 0.3) is 0 Å². The molecule has 120 valence electrons. The van der Waals surface area contributed by atoms with Crippen LogP contribution in [0.3, 0.4) is 0 Å². The van der Waals surface area contributed by atoms with Gasteiger partial charge < -0.3 is 0 Å². The summed E-state index contributed by atoms with van der Waals surface area (Å²) in [6, 6.07) is -1.16. The molecule has 0 heterocycles. The molecule has 0 saturated heterocycles. The molecule has 0 rings (SSSR count). The molecule has 1 nitrogen and oxygen atoms in total. The number of thioether (sulfide) groups is 1. The Labute approximate surface area is 129 Å². The van der Waals surface area contributed by atoms with E-state index in [2.05, 4.69) is 18.7 Å². The van der Waals surface area contributed by atoms with Crippen molar-refractivity contribution in [2.24, 2.45) is 0 Å². The highest BCUT2D eigenvalue weighted by molar-refractivity contribution is 7.99. The molecule has 0 aromatic rings. The second kappa shape index (κ2) is 17.0. The van der Waals surface area contributed by atoms with Gasteiger partial charge in [-0.2, -0.15) is 16.2 Å². The molecule has 0 aromatic carbocycles. The fraction of sp³-hybridized carbons (Fsp3) is 0.941. The highest BCUT2D eigenvalue weighted by Gasteiger charge is 1.97. The van der Waals surface area contributed by atoms with Crippen LogP contribution >= 0.6 is 11.8 Å². The van der Waals surface area contributed by atoms with Crippen LogP contribution in [0.15, 0.2) is 0 Å². The lowest BCUT2D eigenvalue weighted by Crippen LogP contribution is -1.89. The minimum atomic E-state index is -1.16. The van der Waals surface area contributed by atoms with E-state index in [9.17, 15) is 9.18 Å². The van der Waals surface area contributed by atoms with Crippen LogP contribution in [0.5, 0.6) is 0 Å². The number of hydrogen-bond acceptors (Lipinski definition) is 2. The normalized spacial score (nSPS) is 10.9. The maximum atomic E-state index is 11.9. The standard InChI is InChI=1S/C17H33FOS/c1-2-3-4-5-6-9-12-15-20-16-13-10-7-8-11-14-17(18)19/h2-16H2,1H3. The average Bonchev–Trinajstić information content (AvgIpc) is 2.43. The summed E-state index contributed by atoms with van der Waals surface area (Å²) in [5.41, 5.74) is 0. The summed E-state index contributed by atoms with van der Waals surface area (Å²) in [5.74, 6) is 2.57. The third kappa shape index (κ3) is 17.9. The second-order valence-corrected chi connectivity index (χ2v) is 6.83. The molecular weight excluding hydrogens is 271 g/mol. The molecule has 0 unspecified atom stereocenters. The van der Waals surface area contributed by atoms with Crippen LogP contribution in [0.1, 0.15) is 90.4 Å². The van der Waals surface area contributed by atoms with Gasteiger partial charge in [0.1, 0.15) is 0 Å². The maximum Gasteiger partial charge on any atom is 0.301 e. The number of unbranched alkanes of at least 4 members (excludes halogenated alkanes) is 10. The fourth-order valence-electron chi connectivity index (χ4n) is 2.26. The first kappa shape index (κ1) is 19.9. The molecule has 0 aliphatic heterocycles. The van der Waals surface area contributed by atoms with Crippen molar-refractivity contribution in [2.45, 2.75) is 90.4 Å². The molecular formula is C17H33FOS. The zero-order chi connectivity index (χ0) is 14.9. The molecule has 0 bridgehead atoms. The van der Waals surface area contributed by atoms with Crippen LogP contribution < -0.4 is 0 Å². The molecule has 0 aliphatic rings. The molecule has 0 radical (unpaired) electrons. The largest absolute Gasteiger partial charge is 0.301 e. The van der Waals surface area contributed by atoms with E-state index in [1.54, 1.807) is 0 Å². The van der Waals surface area contributed by atoms with Crippen molar-refractivity contribution < 1.29 is 9.18 Å². The molecule has 0 amide bonds. The van der Waals surface area contributed by atoms with Crippen molar-refractivity contribution in [3.8, 4) is 0 Å². The van der Waals surface area contributed by atoms with E-state index in [0.717, 1.165) is 19.3 Å². The van der Waals surface area contributed by atoms with Gasteiger partial charge in [0.2, 0.25) is 0 Å². The van der Waals surface area contributed by atoms with Crippen molar-refractivity contribution in [1.82, 2.24) is 0 Å². The number of rotatable bonds is 16. The Morgan fingerprint density at radius 3 is 1.70 bits per heavy atom. The molecule has 0 N–H and O–H groups in total. The lowest BCUT2D eigenvalue weighted by molar-refractivity contribution is -0.129. The third-order valence-electron chi connectivity index (χ3n) is 3.55. The van der Waals surface area contributed by atoms with E-state index in [-0.39, 0.29) is 6.42 Å². The van der Waals surface area contributed by atoms with Crippen LogP contribution in [0.2, 0.25) is 0 Å². The lowest BCUT2D eigenvalue weighted by Gasteiger charge is -2.03. The van der Waals surface area contributed by atoms with E-state index in [0.29, 0.717) is 0 Å². The van der Waals surface area contributed by atoms with Gasteiger partial charge in [0, 0.05) is 6.42 Å². The molecule has 0 aromatic heterocycles. The van der Waals surface area contributed by atoms with Crippen molar-refractivity contribution in [3.05, 3.63) is 0 Å². The van der Waals surface area contributed by atoms with Gasteiger partial charge in [0.05, 0.1) is 0 Å². The smallest absolute Gasteiger partial charge is 0.261 e. The molecule has 0 aliphatic carbocycles. The first-order valence-electron chi connectivity index (χ1n) is 8.53. The monoisotopic (exact) mass is 304 g/mol. The Morgan fingerprint density at radius 1 is 0.750 bits per heavy atom. The molecule has 0 fully saturated rings. The molecule has 20 heavy (non-hydrogen) atoms. The lowest BCUT2D eigenvalue weighted by atomic mass is 10.1. The number of carbonyl (C=O) groups is 1. The maximum absolute atomic E-state index is 11.9. The second-order valence-electron chi connectivity index (χ2n) is 5.61. The first-order chi connectivity index (χ1) is 9.77. The third-order valence-corrected chi connectivity index (χ3v) is 4.71. The van der Waals surface area contributed by atoms with Gasteiger partial charge in [-0.1, -0.05) is 64.7 Å². The Morgan fingerprint density at radius 2 is 1.20 bits per heavy atom. The Balaban J connectivity index is 2.94. The van der Waals surface area contributed by atoms with E-state index >= 15 is 0 Å². The predicted octanol–water partition coefficient (Wildman–Crippen LogP) is 6.31. The van der Waals surface area contributed by atoms with Crippen LogP contribution in [0.4, 0.5) is 4.39 Å². The highest BCUT2D eigenvalue weighted by atomic mass is 32.2. The zero-order valence-corrected chi connectivity index (χ0v) is 14.1. The van der Waals surface area contributed by atoms with Gasteiger partial charge in [-0.15, -0.1) is 0 Å². The van der Waals surface area contributed by atoms with Gasteiger partial charge in [-0.25, -0.2) is 0 Å². The van der Waals surface area contributed by atoms with Crippen molar-refractivity contribution in [2.75, 3.05) is 11.5 Å². The topological polar surface area (TPSA) is 17.1 Å². The van der Waals surface area contributed by atoms with E-state index in [1.807, 2.05) is 0 Å². The SMILES string of the molecule is CCCCCCCCCSCCCCCCCC(=O)F. The van der Waals surface area contributed by atoms with Crippen LogP contribution in [0, 0.1) is 0 Å². The quantitative estimate of drug-likeness (QED) is 0.245. The summed E-state index contributed by atoms with van der Waals surface area (Å²) in [4.78, 5) is 10.1. The van der Waals surface area contributed by atoms with E-state index < -0.39 is 6.04 Å². The summed E-state index contributed by atoms with van der Waals surface area (Å²) >= 11 is 2.08. The van der Waals surface area contributed by atoms with Gasteiger partial charge >= 0.3 is 6.04 Å². The van der Waals surface area contributed by atoms with Crippen molar-refractivity contribution in [1.29, 1.82) is 0 Å². The Bertz CT molecular complexity index is 209. The van der Waals surface area contributed by atoms with E-state index in [4.69, 9.17) is 0 Å². The first-order valence-corrected chi connectivity index (χ1v) is 9.69. The summed E-state index contributed by atoms with van der Waals surface area (Å²) < 4.78 is 11.9. The highest BCUT2D eigenvalue weighted by Crippen LogP contribution is 2.13. The van der Waals surface area contributed by atoms with Gasteiger partial charge in [-0.3, -0.25) is 4.79 Å². The number of carbonyl (C=O) groups excluding carboxylic acids is 1. The molecule has 0 saturated carbocycles. The van der Waals surface area contributed by atoms with Crippen molar-refractivity contribution in [3.63, 3.8) is 0 Å². The summed E-state index contributed by atoms with van der Waals surface area (Å²) in [6.07, 6.45) is 15.2. The summed E-state index contributed by atoms with van der Waals surface area (Å²) in [7, 11) is 0. The van der Waals surface area contributed by atoms with Crippen LogP contribution in [-0.2, 0) is 4.79 Å². The number of halogens is 1. The van der Waals surface area contributed by atoms with Crippen molar-refractivity contribution >= 4 is 17.8 Å². The van der Waals surface area contributed by atoms with Gasteiger partial charge in [0.15, 0.2) is 0 Å². The fourth-order valence-corrected chi connectivity index (χ4v) is 3.28. The predicted molar refractivity (Wildman–Crippen MR) is 89.1 cm³/mol. The minimum absolute atomic E-state index is 0.118. The van der Waals surface area contributed by atoms with E-state index in [1.165, 1.54) is 69.3 Å². The van der Waals surface area contributed by atoms with Crippen LogP contribution in [-0.4, -0.2) is 17.5 Å². The summed E-state index contributed by atoms with van der Waals surface area (Å²) in [6.45, 7) is 2.26. The zero-order valence-electron chi connectivity index (χ0n) is 13.3. The van der Waals surface area contributed by atoms with Crippen LogP contribution in [0.25, 0.3) is 0 Å². The Kier molecular flexibility index (Phi) is 17.0. The molecule has 0 atom stereocenters. The molecule has 0 spiro atoms. The average molecular weight is 305 g/mol. The number of hydrogen-bond donors (Lipinski definition) is 0. The Hall–Kier alpha value is -0.0500. The molecule has 3 heteroatoms. The summed E-state index contributed by atoms with van der Waals surface area (Å²) in [5, 5.41) is 0.